The highest BCUT2D eigenvalue weighted by Gasteiger charge is 2.32. The number of hydrogen-bond acceptors (Lipinski definition) is 6. The Morgan fingerprint density at radius 1 is 1.23 bits per heavy atom. The van der Waals surface area contributed by atoms with E-state index in [1.54, 1.807) is 6.20 Å². The van der Waals surface area contributed by atoms with Crippen molar-refractivity contribution in [2.45, 2.75) is 50.2 Å². The number of aromatic nitrogens is 2. The van der Waals surface area contributed by atoms with Gasteiger partial charge in [-0.1, -0.05) is 0 Å². The van der Waals surface area contributed by atoms with Crippen LogP contribution < -0.4 is 21.3 Å². The van der Waals surface area contributed by atoms with Crippen molar-refractivity contribution in [1.29, 1.82) is 0 Å². The van der Waals surface area contributed by atoms with Gasteiger partial charge >= 0.3 is 0 Å². The SMILES string of the molecule is O=C1CC[C@@H](C(=O)NC(Cc2c[nH]cn2)C(=O)NC(=O)[C@@H]2CCCN2)N1. The fourth-order valence-corrected chi connectivity index (χ4v) is 3.11. The van der Waals surface area contributed by atoms with Crippen LogP contribution in [0.15, 0.2) is 12.5 Å². The third kappa shape index (κ3) is 4.45. The molecule has 2 fully saturated rings. The Morgan fingerprint density at radius 3 is 2.69 bits per heavy atom. The Hall–Kier alpha value is -2.75. The van der Waals surface area contributed by atoms with Crippen molar-refractivity contribution in [3.05, 3.63) is 18.2 Å². The maximum Gasteiger partial charge on any atom is 0.249 e. The van der Waals surface area contributed by atoms with Crippen LogP contribution in [0.25, 0.3) is 0 Å². The molecule has 5 N–H and O–H groups in total. The summed E-state index contributed by atoms with van der Waals surface area (Å²) in [6.07, 6.45) is 5.42. The molecule has 2 aliphatic rings. The Balaban J connectivity index is 1.63. The van der Waals surface area contributed by atoms with E-state index in [0.29, 0.717) is 18.5 Å². The van der Waals surface area contributed by atoms with E-state index in [2.05, 4.69) is 31.2 Å². The van der Waals surface area contributed by atoms with Crippen molar-refractivity contribution in [1.82, 2.24) is 31.2 Å². The number of H-pyrrole nitrogens is 1. The van der Waals surface area contributed by atoms with Crippen LogP contribution in [0.3, 0.4) is 0 Å². The molecule has 10 heteroatoms. The van der Waals surface area contributed by atoms with Gasteiger partial charge in [0.15, 0.2) is 0 Å². The van der Waals surface area contributed by atoms with Crippen LogP contribution in [0.4, 0.5) is 0 Å². The van der Waals surface area contributed by atoms with Crippen LogP contribution in [0.1, 0.15) is 31.4 Å². The third-order valence-corrected chi connectivity index (χ3v) is 4.54. The third-order valence-electron chi connectivity index (χ3n) is 4.54. The summed E-state index contributed by atoms with van der Waals surface area (Å²) in [6.45, 7) is 0.737. The van der Waals surface area contributed by atoms with E-state index in [0.717, 1.165) is 13.0 Å². The average molecular weight is 362 g/mol. The van der Waals surface area contributed by atoms with Crippen LogP contribution in [-0.4, -0.2) is 58.3 Å². The number of nitrogens with one attached hydrogen (secondary N) is 5. The predicted octanol–water partition coefficient (Wildman–Crippen LogP) is -1.89. The first-order valence-electron chi connectivity index (χ1n) is 8.68. The van der Waals surface area contributed by atoms with Gasteiger partial charge in [0, 0.05) is 19.0 Å². The van der Waals surface area contributed by atoms with Gasteiger partial charge in [0.1, 0.15) is 12.1 Å². The summed E-state index contributed by atoms with van der Waals surface area (Å²) in [4.78, 5) is 55.2. The first-order valence-corrected chi connectivity index (χ1v) is 8.68. The smallest absolute Gasteiger partial charge is 0.249 e. The lowest BCUT2D eigenvalue weighted by Crippen LogP contribution is -2.55. The molecule has 2 saturated heterocycles. The van der Waals surface area contributed by atoms with Crippen molar-refractivity contribution in [2.75, 3.05) is 6.54 Å². The highest BCUT2D eigenvalue weighted by molar-refractivity contribution is 6.02. The number of imide groups is 1. The molecule has 10 nitrogen and oxygen atoms in total. The van der Waals surface area contributed by atoms with Crippen molar-refractivity contribution >= 4 is 23.6 Å². The van der Waals surface area contributed by atoms with Gasteiger partial charge in [0.2, 0.25) is 23.6 Å². The summed E-state index contributed by atoms with van der Waals surface area (Å²) in [7, 11) is 0. The number of amides is 4. The molecule has 0 saturated carbocycles. The van der Waals surface area contributed by atoms with Gasteiger partial charge in [-0.3, -0.25) is 24.5 Å². The van der Waals surface area contributed by atoms with Crippen molar-refractivity contribution in [2.24, 2.45) is 0 Å². The summed E-state index contributed by atoms with van der Waals surface area (Å²) in [5, 5.41) is 10.6. The van der Waals surface area contributed by atoms with E-state index in [4.69, 9.17) is 0 Å². The number of imidazole rings is 1. The van der Waals surface area contributed by atoms with Gasteiger partial charge in [-0.05, 0) is 25.8 Å². The molecule has 3 rings (SSSR count). The zero-order valence-corrected chi connectivity index (χ0v) is 14.2. The number of hydrogen-bond donors (Lipinski definition) is 5. The Morgan fingerprint density at radius 2 is 2.08 bits per heavy atom. The highest BCUT2D eigenvalue weighted by atomic mass is 16.2. The van der Waals surface area contributed by atoms with Gasteiger partial charge in [0.05, 0.1) is 18.1 Å². The van der Waals surface area contributed by atoms with Crippen molar-refractivity contribution in [3.63, 3.8) is 0 Å². The minimum Gasteiger partial charge on any atom is -0.351 e. The lowest BCUT2D eigenvalue weighted by atomic mass is 10.1. The van der Waals surface area contributed by atoms with Crippen LogP contribution in [0.5, 0.6) is 0 Å². The monoisotopic (exact) mass is 362 g/mol. The van der Waals surface area contributed by atoms with E-state index in [1.165, 1.54) is 6.33 Å². The van der Waals surface area contributed by atoms with Gasteiger partial charge < -0.3 is 20.9 Å². The predicted molar refractivity (Wildman–Crippen MR) is 89.6 cm³/mol. The summed E-state index contributed by atoms with van der Waals surface area (Å²) in [6, 6.07) is -2.02. The quantitative estimate of drug-likeness (QED) is 0.400. The number of rotatable bonds is 6. The van der Waals surface area contributed by atoms with Crippen LogP contribution in [0, 0.1) is 0 Å². The molecule has 1 aromatic heterocycles. The van der Waals surface area contributed by atoms with E-state index in [9.17, 15) is 19.2 Å². The van der Waals surface area contributed by atoms with E-state index < -0.39 is 35.8 Å². The summed E-state index contributed by atoms with van der Waals surface area (Å²) >= 11 is 0. The molecule has 26 heavy (non-hydrogen) atoms. The summed E-state index contributed by atoms with van der Waals surface area (Å²) < 4.78 is 0. The summed E-state index contributed by atoms with van der Waals surface area (Å²) in [5.41, 5.74) is 0.576. The molecule has 2 aliphatic heterocycles. The van der Waals surface area contributed by atoms with E-state index in [-0.39, 0.29) is 18.7 Å². The maximum atomic E-state index is 12.6. The molecule has 0 aliphatic carbocycles. The van der Waals surface area contributed by atoms with Crippen molar-refractivity contribution < 1.29 is 19.2 Å². The fraction of sp³-hybridized carbons (Fsp3) is 0.562. The topological polar surface area (TPSA) is 145 Å². The molecule has 0 bridgehead atoms. The zero-order valence-electron chi connectivity index (χ0n) is 14.2. The number of nitrogens with zero attached hydrogens (tertiary/aromatic N) is 1. The molecule has 3 heterocycles. The van der Waals surface area contributed by atoms with Crippen LogP contribution in [-0.2, 0) is 25.6 Å². The molecule has 4 amide bonds. The fourth-order valence-electron chi connectivity index (χ4n) is 3.11. The molecule has 1 unspecified atom stereocenters. The Bertz CT molecular complexity index is 683. The van der Waals surface area contributed by atoms with Gasteiger partial charge in [-0.25, -0.2) is 4.98 Å². The number of aromatic amines is 1. The minimum atomic E-state index is -0.964. The largest absolute Gasteiger partial charge is 0.351 e. The molecule has 0 spiro atoms. The van der Waals surface area contributed by atoms with Crippen LogP contribution in [0.2, 0.25) is 0 Å². The lowest BCUT2D eigenvalue weighted by Gasteiger charge is -2.20. The van der Waals surface area contributed by atoms with Gasteiger partial charge in [0.25, 0.3) is 0 Å². The normalized spacial score (nSPS) is 23.3. The summed E-state index contributed by atoms with van der Waals surface area (Å²) in [5.74, 6) is -1.63. The first kappa shape index (κ1) is 18.1. The second-order valence-corrected chi connectivity index (χ2v) is 6.49. The van der Waals surface area contributed by atoms with Gasteiger partial charge in [-0.15, -0.1) is 0 Å². The first-order chi connectivity index (χ1) is 12.5. The molecule has 1 aromatic rings. The van der Waals surface area contributed by atoms with Crippen molar-refractivity contribution in [3.8, 4) is 0 Å². The second-order valence-electron chi connectivity index (χ2n) is 6.49. The van der Waals surface area contributed by atoms with E-state index >= 15 is 0 Å². The minimum absolute atomic E-state index is 0.132. The molecular weight excluding hydrogens is 340 g/mol. The van der Waals surface area contributed by atoms with Gasteiger partial charge in [-0.2, -0.15) is 0 Å². The number of carbonyl (C=O) groups is 4. The van der Waals surface area contributed by atoms with E-state index in [1.807, 2.05) is 0 Å². The lowest BCUT2D eigenvalue weighted by molar-refractivity contribution is -0.135. The molecule has 0 radical (unpaired) electrons. The number of carbonyl (C=O) groups excluding carboxylic acids is 4. The standard InChI is InChI=1S/C16H22N6O4/c23-13-4-3-11(20-13)15(25)21-12(6-9-7-17-8-19-9)16(26)22-14(24)10-2-1-5-18-10/h7-8,10-12,18H,1-6H2,(H,17,19)(H,20,23)(H,21,25)(H,22,24,26)/t10-,11-,12?/m0/s1. The highest BCUT2D eigenvalue weighted by Crippen LogP contribution is 2.08. The molecule has 3 atom stereocenters. The second kappa shape index (κ2) is 8.09. The Labute approximate surface area is 149 Å². The zero-order chi connectivity index (χ0) is 18.5. The van der Waals surface area contributed by atoms with Crippen LogP contribution >= 0.6 is 0 Å². The Kier molecular flexibility index (Phi) is 5.61. The molecule has 0 aromatic carbocycles. The maximum absolute atomic E-state index is 12.6. The molecular formula is C16H22N6O4. The molecule has 140 valence electrons. The average Bonchev–Trinajstić information content (AvgIpc) is 3.36.